The van der Waals surface area contributed by atoms with Crippen molar-refractivity contribution in [3.05, 3.63) is 42.6 Å². The number of hydrogen-bond acceptors (Lipinski definition) is 4. The number of pyridine rings is 1. The monoisotopic (exact) mass is 286 g/mol. The molecule has 110 valence electrons. The molecule has 6 heteroatoms. The zero-order valence-corrected chi connectivity index (χ0v) is 11.9. The Kier molecular flexibility index (Phi) is 3.96. The van der Waals surface area contributed by atoms with Crippen LogP contribution in [0.1, 0.15) is 29.8 Å². The minimum absolute atomic E-state index is 0.140. The van der Waals surface area contributed by atoms with Crippen molar-refractivity contribution in [2.24, 2.45) is 0 Å². The molecule has 2 aromatic rings. The van der Waals surface area contributed by atoms with Crippen LogP contribution in [-0.2, 0) is 4.74 Å². The smallest absolute Gasteiger partial charge is 0.270 e. The van der Waals surface area contributed by atoms with Gasteiger partial charge in [0.25, 0.3) is 5.91 Å². The first-order valence-electron chi connectivity index (χ1n) is 7.05. The van der Waals surface area contributed by atoms with Crippen molar-refractivity contribution in [3.8, 4) is 5.82 Å². The highest BCUT2D eigenvalue weighted by atomic mass is 16.5. The van der Waals surface area contributed by atoms with Gasteiger partial charge in [-0.25, -0.2) is 9.97 Å². The van der Waals surface area contributed by atoms with Gasteiger partial charge in [-0.2, -0.15) is 0 Å². The Morgan fingerprint density at radius 2 is 2.33 bits per heavy atom. The predicted octanol–water partition coefficient (Wildman–Crippen LogP) is 1.56. The van der Waals surface area contributed by atoms with Gasteiger partial charge in [-0.3, -0.25) is 9.36 Å². The largest absolute Gasteiger partial charge is 0.381 e. The lowest BCUT2D eigenvalue weighted by molar-refractivity contribution is 0.0910. The van der Waals surface area contributed by atoms with Crippen LogP contribution in [0, 0.1) is 0 Å². The fourth-order valence-corrected chi connectivity index (χ4v) is 2.63. The Morgan fingerprint density at radius 3 is 3.05 bits per heavy atom. The van der Waals surface area contributed by atoms with Gasteiger partial charge in [0.15, 0.2) is 0 Å². The molecule has 0 aliphatic heterocycles. The minimum atomic E-state index is -0.140. The molecule has 1 aliphatic carbocycles. The number of rotatable bonds is 4. The van der Waals surface area contributed by atoms with E-state index in [1.54, 1.807) is 36.5 Å². The first-order chi connectivity index (χ1) is 10.3. The average Bonchev–Trinajstić information content (AvgIpc) is 3.18. The minimum Gasteiger partial charge on any atom is -0.381 e. The highest BCUT2D eigenvalue weighted by molar-refractivity contribution is 5.92. The van der Waals surface area contributed by atoms with E-state index < -0.39 is 0 Å². The summed E-state index contributed by atoms with van der Waals surface area (Å²) in [6, 6.07) is 5.55. The number of methoxy groups -OCH3 is 1. The normalized spacial score (nSPS) is 21.4. The van der Waals surface area contributed by atoms with Gasteiger partial charge in [0.05, 0.1) is 6.10 Å². The van der Waals surface area contributed by atoms with Crippen LogP contribution in [0.5, 0.6) is 0 Å². The maximum absolute atomic E-state index is 12.3. The summed E-state index contributed by atoms with van der Waals surface area (Å²) in [5.41, 5.74) is 0.419. The third-order valence-electron chi connectivity index (χ3n) is 3.79. The molecule has 0 spiro atoms. The third kappa shape index (κ3) is 3.11. The van der Waals surface area contributed by atoms with Crippen LogP contribution in [0.25, 0.3) is 5.82 Å². The number of nitrogens with zero attached hydrogens (tertiary/aromatic N) is 3. The van der Waals surface area contributed by atoms with Crippen LogP contribution >= 0.6 is 0 Å². The summed E-state index contributed by atoms with van der Waals surface area (Å²) in [7, 11) is 1.71. The SMILES string of the molecule is CO[C@@H]1CC[C@@H](NC(=O)c2cccc(-n3ccnc3)n2)C1. The maximum Gasteiger partial charge on any atom is 0.270 e. The van der Waals surface area contributed by atoms with Crippen molar-refractivity contribution in [2.75, 3.05) is 7.11 Å². The lowest BCUT2D eigenvalue weighted by Crippen LogP contribution is -2.34. The number of hydrogen-bond donors (Lipinski definition) is 1. The van der Waals surface area contributed by atoms with Crippen molar-refractivity contribution < 1.29 is 9.53 Å². The molecule has 2 atom stereocenters. The molecule has 1 N–H and O–H groups in total. The van der Waals surface area contributed by atoms with E-state index in [0.717, 1.165) is 19.3 Å². The molecular weight excluding hydrogens is 268 g/mol. The summed E-state index contributed by atoms with van der Waals surface area (Å²) in [5, 5.41) is 3.03. The van der Waals surface area contributed by atoms with Gasteiger partial charge in [0.1, 0.15) is 17.8 Å². The first-order valence-corrected chi connectivity index (χ1v) is 7.05. The summed E-state index contributed by atoms with van der Waals surface area (Å²) in [6.45, 7) is 0. The molecule has 6 nitrogen and oxygen atoms in total. The van der Waals surface area contributed by atoms with Gasteiger partial charge in [-0.1, -0.05) is 6.07 Å². The zero-order chi connectivity index (χ0) is 14.7. The Morgan fingerprint density at radius 1 is 1.43 bits per heavy atom. The molecule has 0 saturated heterocycles. The second-order valence-corrected chi connectivity index (χ2v) is 5.19. The molecule has 1 amide bonds. The molecule has 0 radical (unpaired) electrons. The van der Waals surface area contributed by atoms with Crippen molar-refractivity contribution in [1.29, 1.82) is 0 Å². The molecule has 1 fully saturated rings. The molecule has 1 saturated carbocycles. The highest BCUT2D eigenvalue weighted by Crippen LogP contribution is 2.21. The van der Waals surface area contributed by atoms with Crippen LogP contribution in [-0.4, -0.2) is 39.7 Å². The van der Waals surface area contributed by atoms with Gasteiger partial charge in [-0.15, -0.1) is 0 Å². The van der Waals surface area contributed by atoms with E-state index in [0.29, 0.717) is 11.5 Å². The number of ether oxygens (including phenoxy) is 1. The third-order valence-corrected chi connectivity index (χ3v) is 3.79. The summed E-state index contributed by atoms with van der Waals surface area (Å²) in [5.74, 6) is 0.542. The van der Waals surface area contributed by atoms with Crippen LogP contribution in [0.4, 0.5) is 0 Å². The number of nitrogens with one attached hydrogen (secondary N) is 1. The second-order valence-electron chi connectivity index (χ2n) is 5.19. The molecule has 0 aromatic carbocycles. The number of carbonyl (C=O) groups excluding carboxylic acids is 1. The second kappa shape index (κ2) is 6.05. The van der Waals surface area contributed by atoms with Crippen LogP contribution in [0.15, 0.2) is 36.9 Å². The number of amides is 1. The molecule has 21 heavy (non-hydrogen) atoms. The van der Waals surface area contributed by atoms with E-state index in [2.05, 4.69) is 15.3 Å². The van der Waals surface area contributed by atoms with E-state index in [-0.39, 0.29) is 18.1 Å². The number of aromatic nitrogens is 3. The Labute approximate surface area is 123 Å². The van der Waals surface area contributed by atoms with Gasteiger partial charge < -0.3 is 10.1 Å². The average molecular weight is 286 g/mol. The van der Waals surface area contributed by atoms with E-state index >= 15 is 0 Å². The topological polar surface area (TPSA) is 69.0 Å². The fourth-order valence-electron chi connectivity index (χ4n) is 2.63. The Bertz CT molecular complexity index is 612. The summed E-state index contributed by atoms with van der Waals surface area (Å²) >= 11 is 0. The lowest BCUT2D eigenvalue weighted by Gasteiger charge is -2.13. The van der Waals surface area contributed by atoms with Crippen LogP contribution in [0.3, 0.4) is 0 Å². The van der Waals surface area contributed by atoms with Crippen LogP contribution < -0.4 is 5.32 Å². The number of carbonyl (C=O) groups is 1. The highest BCUT2D eigenvalue weighted by Gasteiger charge is 2.26. The van der Waals surface area contributed by atoms with Crippen molar-refractivity contribution in [1.82, 2.24) is 19.9 Å². The van der Waals surface area contributed by atoms with Crippen LogP contribution in [0.2, 0.25) is 0 Å². The van der Waals surface area contributed by atoms with Crippen molar-refractivity contribution in [3.63, 3.8) is 0 Å². The molecule has 2 heterocycles. The van der Waals surface area contributed by atoms with E-state index in [4.69, 9.17) is 4.74 Å². The quantitative estimate of drug-likeness (QED) is 0.926. The molecule has 3 rings (SSSR count). The van der Waals surface area contributed by atoms with Gasteiger partial charge in [0.2, 0.25) is 0 Å². The standard InChI is InChI=1S/C15H18N4O2/c1-21-12-6-5-11(9-12)17-15(20)13-3-2-4-14(18-13)19-8-7-16-10-19/h2-4,7-8,10-12H,5-6,9H2,1H3,(H,17,20)/t11-,12-/m1/s1. The molecule has 2 aromatic heterocycles. The summed E-state index contributed by atoms with van der Waals surface area (Å²) < 4.78 is 7.09. The van der Waals surface area contributed by atoms with E-state index in [1.165, 1.54) is 0 Å². The Balaban J connectivity index is 1.69. The van der Waals surface area contributed by atoms with Crippen molar-refractivity contribution in [2.45, 2.75) is 31.4 Å². The van der Waals surface area contributed by atoms with Gasteiger partial charge in [0, 0.05) is 25.5 Å². The predicted molar refractivity (Wildman–Crippen MR) is 77.3 cm³/mol. The van der Waals surface area contributed by atoms with E-state index in [9.17, 15) is 4.79 Å². The molecular formula is C15H18N4O2. The fraction of sp³-hybridized carbons (Fsp3) is 0.400. The zero-order valence-electron chi connectivity index (χ0n) is 11.9. The van der Waals surface area contributed by atoms with Gasteiger partial charge in [-0.05, 0) is 31.4 Å². The number of imidazole rings is 1. The summed E-state index contributed by atoms with van der Waals surface area (Å²) in [4.78, 5) is 20.6. The summed E-state index contributed by atoms with van der Waals surface area (Å²) in [6.07, 6.45) is 8.19. The molecule has 0 bridgehead atoms. The van der Waals surface area contributed by atoms with Crippen molar-refractivity contribution >= 4 is 5.91 Å². The first kappa shape index (κ1) is 13.8. The lowest BCUT2D eigenvalue weighted by atomic mass is 10.2. The van der Waals surface area contributed by atoms with Gasteiger partial charge >= 0.3 is 0 Å². The maximum atomic E-state index is 12.3. The molecule has 0 unspecified atom stereocenters. The van der Waals surface area contributed by atoms with E-state index in [1.807, 2.05) is 12.1 Å². The molecule has 1 aliphatic rings. The Hall–Kier alpha value is -2.21.